The summed E-state index contributed by atoms with van der Waals surface area (Å²) in [4.78, 5) is 20.6. The number of benzene rings is 3. The number of ether oxygens (including phenoxy) is 2. The van der Waals surface area contributed by atoms with E-state index in [4.69, 9.17) is 9.47 Å². The Hall–Kier alpha value is -3.72. The van der Waals surface area contributed by atoms with Crippen molar-refractivity contribution in [1.82, 2.24) is 0 Å². The van der Waals surface area contributed by atoms with E-state index in [0.717, 1.165) is 27.1 Å². The molecular weight excluding hydrogens is 492 g/mol. The molecule has 1 aliphatic heterocycles. The van der Waals surface area contributed by atoms with Crippen molar-refractivity contribution in [3.63, 3.8) is 0 Å². The van der Waals surface area contributed by atoms with Crippen molar-refractivity contribution in [2.45, 2.75) is 13.8 Å². The Balaban J connectivity index is 0.000000235. The van der Waals surface area contributed by atoms with Gasteiger partial charge in [0.15, 0.2) is 11.5 Å². The van der Waals surface area contributed by atoms with Crippen LogP contribution in [-0.4, -0.2) is 23.1 Å². The summed E-state index contributed by atoms with van der Waals surface area (Å²) in [7, 11) is 0. The van der Waals surface area contributed by atoms with Crippen LogP contribution in [0, 0.1) is 34.1 Å². The Labute approximate surface area is 198 Å². The molecule has 8 nitrogen and oxygen atoms in total. The molecule has 0 fully saturated rings. The molecule has 0 saturated heterocycles. The Kier molecular flexibility index (Phi) is 7.78. The maximum Gasteiger partial charge on any atom is 0.273 e. The highest BCUT2D eigenvalue weighted by Gasteiger charge is 2.12. The van der Waals surface area contributed by atoms with Crippen molar-refractivity contribution in [2.75, 3.05) is 13.2 Å². The third-order valence-corrected chi connectivity index (χ3v) is 5.33. The molecule has 1 heterocycles. The van der Waals surface area contributed by atoms with E-state index in [-0.39, 0.29) is 21.2 Å². The Morgan fingerprint density at radius 3 is 1.88 bits per heavy atom. The minimum Gasteiger partial charge on any atom is -0.486 e. The van der Waals surface area contributed by atoms with Crippen LogP contribution in [0.3, 0.4) is 0 Å². The van der Waals surface area contributed by atoms with E-state index in [1.54, 1.807) is 38.1 Å². The zero-order valence-corrected chi connectivity index (χ0v) is 19.6. The topological polar surface area (TPSA) is 105 Å². The van der Waals surface area contributed by atoms with E-state index in [2.05, 4.69) is 15.9 Å². The molecule has 0 aliphatic carbocycles. The molecule has 0 atom stereocenters. The Morgan fingerprint density at radius 1 is 0.758 bits per heavy atom. The maximum atomic E-state index is 11.0. The molecule has 0 spiro atoms. The van der Waals surface area contributed by atoms with Gasteiger partial charge in [-0.3, -0.25) is 20.2 Å². The summed E-state index contributed by atoms with van der Waals surface area (Å²) in [6.07, 6.45) is 3.74. The third kappa shape index (κ3) is 6.39. The summed E-state index contributed by atoms with van der Waals surface area (Å²) < 4.78 is 11.7. The predicted octanol–water partition coefficient (Wildman–Crippen LogP) is 6.51. The first-order valence-electron chi connectivity index (χ1n) is 9.98. The molecule has 0 unspecified atom stereocenters. The second-order valence-electron chi connectivity index (χ2n) is 7.23. The first-order valence-corrected chi connectivity index (χ1v) is 10.8. The highest BCUT2D eigenvalue weighted by Crippen LogP contribution is 2.31. The summed E-state index contributed by atoms with van der Waals surface area (Å²) in [6, 6.07) is 15.9. The number of hydrogen-bond donors (Lipinski definition) is 0. The number of hydrogen-bond acceptors (Lipinski definition) is 6. The molecular formula is C24H21BrN2O6. The summed E-state index contributed by atoms with van der Waals surface area (Å²) in [6.45, 7) is 4.55. The van der Waals surface area contributed by atoms with E-state index in [1.165, 1.54) is 6.07 Å². The van der Waals surface area contributed by atoms with E-state index in [9.17, 15) is 20.2 Å². The van der Waals surface area contributed by atoms with Crippen molar-refractivity contribution < 1.29 is 19.3 Å². The van der Waals surface area contributed by atoms with Gasteiger partial charge >= 0.3 is 0 Å². The fourth-order valence-corrected chi connectivity index (χ4v) is 3.41. The van der Waals surface area contributed by atoms with Gasteiger partial charge in [-0.1, -0.05) is 52.3 Å². The first kappa shape index (κ1) is 23.9. The van der Waals surface area contributed by atoms with Crippen LogP contribution in [0.25, 0.3) is 12.2 Å². The van der Waals surface area contributed by atoms with Crippen LogP contribution in [0.15, 0.2) is 59.1 Å². The zero-order chi connectivity index (χ0) is 24.0. The third-order valence-electron chi connectivity index (χ3n) is 4.83. The fraction of sp³-hybridized carbons (Fsp3) is 0.167. The lowest BCUT2D eigenvalue weighted by atomic mass is 10.1. The lowest BCUT2D eigenvalue weighted by molar-refractivity contribution is -0.385. The van der Waals surface area contributed by atoms with Gasteiger partial charge in [0.25, 0.3) is 11.4 Å². The summed E-state index contributed by atoms with van der Waals surface area (Å²) >= 11 is 3.16. The van der Waals surface area contributed by atoms with E-state index < -0.39 is 0 Å². The second-order valence-corrected chi connectivity index (χ2v) is 8.14. The van der Waals surface area contributed by atoms with Crippen LogP contribution in [0.5, 0.6) is 11.5 Å². The van der Waals surface area contributed by atoms with E-state index in [0.29, 0.717) is 24.3 Å². The van der Waals surface area contributed by atoms with Crippen molar-refractivity contribution in [1.29, 1.82) is 0 Å². The highest BCUT2D eigenvalue weighted by molar-refractivity contribution is 9.10. The van der Waals surface area contributed by atoms with Crippen LogP contribution >= 0.6 is 15.9 Å². The molecule has 3 aromatic rings. The Morgan fingerprint density at radius 2 is 1.27 bits per heavy atom. The number of nitro groups is 2. The number of halogens is 1. The number of nitro benzene ring substituents is 2. The smallest absolute Gasteiger partial charge is 0.273 e. The average molecular weight is 513 g/mol. The van der Waals surface area contributed by atoms with Gasteiger partial charge in [-0.15, -0.1) is 0 Å². The molecule has 0 radical (unpaired) electrons. The Bertz CT molecular complexity index is 1230. The van der Waals surface area contributed by atoms with Gasteiger partial charge in [0.1, 0.15) is 13.2 Å². The summed E-state index contributed by atoms with van der Waals surface area (Å²) in [5.74, 6) is 1.47. The van der Waals surface area contributed by atoms with Gasteiger partial charge in [-0.2, -0.15) is 0 Å². The molecule has 33 heavy (non-hydrogen) atoms. The summed E-state index contributed by atoms with van der Waals surface area (Å²) in [5, 5.41) is 21.3. The molecule has 0 amide bonds. The highest BCUT2D eigenvalue weighted by atomic mass is 79.9. The van der Waals surface area contributed by atoms with Gasteiger partial charge in [0.2, 0.25) is 0 Å². The number of nitrogens with zero attached hydrogens (tertiary/aromatic N) is 2. The number of aryl methyl sites for hydroxylation is 2. The standard InChI is InChI=1S/C17H15NO4.C7H6BrNO2/c1-12-2-3-13(10-15(12)18(19)20)4-5-14-6-7-16-17(11-14)22-9-8-21-16;1-5-2-3-6(8)4-7(5)9(10)11/h2-7,10-11H,8-9H2,1H3;2-4H,1H3/b5-4+;. The molecule has 1 aliphatic rings. The first-order chi connectivity index (χ1) is 15.7. The minimum absolute atomic E-state index is 0.129. The largest absolute Gasteiger partial charge is 0.486 e. The van der Waals surface area contributed by atoms with Crippen molar-refractivity contribution in [3.8, 4) is 11.5 Å². The van der Waals surface area contributed by atoms with Crippen LogP contribution in [0.4, 0.5) is 11.4 Å². The van der Waals surface area contributed by atoms with Crippen LogP contribution < -0.4 is 9.47 Å². The number of fused-ring (bicyclic) bond motifs is 1. The SMILES string of the molecule is Cc1ccc(/C=C/c2ccc3c(c2)OCCO3)cc1[N+](=O)[O-].Cc1ccc(Br)cc1[N+](=O)[O-]. The maximum absolute atomic E-state index is 11.0. The van der Waals surface area contributed by atoms with Crippen LogP contribution in [-0.2, 0) is 0 Å². The average Bonchev–Trinajstić information content (AvgIpc) is 2.80. The molecule has 0 aromatic heterocycles. The van der Waals surface area contributed by atoms with Gasteiger partial charge in [0.05, 0.1) is 9.85 Å². The lowest BCUT2D eigenvalue weighted by Gasteiger charge is -2.18. The lowest BCUT2D eigenvalue weighted by Crippen LogP contribution is -2.15. The normalized spacial score (nSPS) is 12.1. The van der Waals surface area contributed by atoms with Crippen molar-refractivity contribution in [3.05, 3.63) is 102 Å². The monoisotopic (exact) mass is 512 g/mol. The molecule has 9 heteroatoms. The minimum atomic E-state index is -0.389. The molecule has 0 saturated carbocycles. The van der Waals surface area contributed by atoms with Crippen molar-refractivity contribution >= 4 is 39.5 Å². The second kappa shape index (κ2) is 10.7. The summed E-state index contributed by atoms with van der Waals surface area (Å²) in [5.41, 5.74) is 3.35. The predicted molar refractivity (Wildman–Crippen MR) is 130 cm³/mol. The van der Waals surface area contributed by atoms with E-state index in [1.807, 2.05) is 36.4 Å². The quantitative estimate of drug-likeness (QED) is 0.224. The van der Waals surface area contributed by atoms with Crippen LogP contribution in [0.1, 0.15) is 22.3 Å². The molecule has 4 rings (SSSR count). The van der Waals surface area contributed by atoms with Crippen LogP contribution in [0.2, 0.25) is 0 Å². The van der Waals surface area contributed by atoms with Crippen molar-refractivity contribution in [2.24, 2.45) is 0 Å². The fourth-order valence-electron chi connectivity index (χ4n) is 3.06. The molecule has 0 N–H and O–H groups in total. The van der Waals surface area contributed by atoms with Gasteiger partial charge in [0, 0.05) is 27.7 Å². The molecule has 0 bridgehead atoms. The van der Waals surface area contributed by atoms with Gasteiger partial charge in [-0.25, -0.2) is 0 Å². The van der Waals surface area contributed by atoms with E-state index >= 15 is 0 Å². The number of rotatable bonds is 4. The van der Waals surface area contributed by atoms with Gasteiger partial charge in [-0.05, 0) is 43.2 Å². The molecule has 3 aromatic carbocycles. The molecule has 170 valence electrons. The van der Waals surface area contributed by atoms with Gasteiger partial charge < -0.3 is 9.47 Å². The zero-order valence-electron chi connectivity index (χ0n) is 18.0.